The van der Waals surface area contributed by atoms with E-state index in [1.54, 1.807) is 0 Å². The first-order valence-electron chi connectivity index (χ1n) is 7.74. The Labute approximate surface area is 126 Å². The molecule has 1 aliphatic rings. The van der Waals surface area contributed by atoms with Crippen LogP contribution in [0.1, 0.15) is 50.0 Å². The third-order valence-electron chi connectivity index (χ3n) is 4.80. The molecule has 0 radical (unpaired) electrons. The Morgan fingerprint density at radius 1 is 1.35 bits per heavy atom. The molecule has 0 bridgehead atoms. The number of aryl methyl sites for hydroxylation is 2. The summed E-state index contributed by atoms with van der Waals surface area (Å²) < 4.78 is 2.46. The minimum Gasteiger partial charge on any atom is -0.325 e. The summed E-state index contributed by atoms with van der Waals surface area (Å²) in [5.41, 5.74) is 3.69. The molecule has 0 aliphatic heterocycles. The smallest absolute Gasteiger partial charge is 0.111 e. The Hall–Kier alpha value is -1.02. The maximum Gasteiger partial charge on any atom is 0.111 e. The predicted octanol–water partition coefficient (Wildman–Crippen LogP) is 4.88. The number of halogens is 1. The van der Waals surface area contributed by atoms with E-state index in [2.05, 4.69) is 36.6 Å². The highest BCUT2D eigenvalue weighted by Crippen LogP contribution is 2.36. The molecule has 1 atom stereocenters. The van der Waals surface area contributed by atoms with Crippen LogP contribution in [0, 0.1) is 12.8 Å². The summed E-state index contributed by atoms with van der Waals surface area (Å²) in [5, 5.41) is 0. The van der Waals surface area contributed by atoms with Gasteiger partial charge in [-0.1, -0.05) is 25.0 Å². The van der Waals surface area contributed by atoms with Crippen LogP contribution in [0.2, 0.25) is 0 Å². The Morgan fingerprint density at radius 3 is 2.80 bits per heavy atom. The van der Waals surface area contributed by atoms with Crippen LogP contribution in [0.15, 0.2) is 18.2 Å². The van der Waals surface area contributed by atoms with Gasteiger partial charge < -0.3 is 4.57 Å². The van der Waals surface area contributed by atoms with E-state index in [1.165, 1.54) is 36.8 Å². The van der Waals surface area contributed by atoms with Crippen molar-refractivity contribution < 1.29 is 0 Å². The molecule has 3 heteroatoms. The van der Waals surface area contributed by atoms with E-state index in [0.717, 1.165) is 23.7 Å². The molecule has 1 saturated carbocycles. The van der Waals surface area contributed by atoms with Crippen LogP contribution >= 0.6 is 11.6 Å². The van der Waals surface area contributed by atoms with E-state index in [9.17, 15) is 0 Å². The molecule has 3 rings (SSSR count). The fraction of sp³-hybridized carbons (Fsp3) is 0.588. The van der Waals surface area contributed by atoms with Crippen molar-refractivity contribution in [3.05, 3.63) is 29.6 Å². The maximum atomic E-state index is 5.99. The molecule has 1 unspecified atom stereocenters. The predicted molar refractivity (Wildman–Crippen MR) is 85.6 cm³/mol. The van der Waals surface area contributed by atoms with Gasteiger partial charge in [0, 0.05) is 18.3 Å². The van der Waals surface area contributed by atoms with Crippen molar-refractivity contribution >= 4 is 22.6 Å². The van der Waals surface area contributed by atoms with Gasteiger partial charge in [0.2, 0.25) is 0 Å². The van der Waals surface area contributed by atoms with E-state index >= 15 is 0 Å². The quantitative estimate of drug-likeness (QED) is 0.734. The number of benzene rings is 1. The molecule has 20 heavy (non-hydrogen) atoms. The van der Waals surface area contributed by atoms with Crippen LogP contribution in [-0.2, 0) is 6.42 Å². The second-order valence-electron chi connectivity index (χ2n) is 6.06. The lowest BCUT2D eigenvalue weighted by molar-refractivity contribution is 0.360. The lowest BCUT2D eigenvalue weighted by atomic mass is 9.99. The molecule has 1 aromatic heterocycles. The first-order chi connectivity index (χ1) is 9.72. The van der Waals surface area contributed by atoms with Gasteiger partial charge in [0.25, 0.3) is 0 Å². The van der Waals surface area contributed by atoms with Crippen molar-refractivity contribution in [3.8, 4) is 0 Å². The number of rotatable bonds is 4. The molecule has 2 nitrogen and oxygen atoms in total. The van der Waals surface area contributed by atoms with Crippen molar-refractivity contribution in [1.29, 1.82) is 0 Å². The Bertz CT molecular complexity index is 596. The van der Waals surface area contributed by atoms with E-state index in [-0.39, 0.29) is 0 Å². The van der Waals surface area contributed by atoms with Gasteiger partial charge in [0.1, 0.15) is 5.82 Å². The number of aromatic nitrogens is 2. The summed E-state index contributed by atoms with van der Waals surface area (Å²) in [6.45, 7) is 4.50. The zero-order valence-corrected chi connectivity index (χ0v) is 13.2. The minimum absolute atomic E-state index is 0.530. The number of alkyl halides is 1. The van der Waals surface area contributed by atoms with Crippen molar-refractivity contribution in [2.24, 2.45) is 5.92 Å². The monoisotopic (exact) mass is 290 g/mol. The summed E-state index contributed by atoms with van der Waals surface area (Å²) >= 11 is 5.99. The van der Waals surface area contributed by atoms with Gasteiger partial charge in [-0.3, -0.25) is 0 Å². The molecule has 0 amide bonds. The second-order valence-corrected chi connectivity index (χ2v) is 6.44. The first kappa shape index (κ1) is 13.9. The highest BCUT2D eigenvalue weighted by molar-refractivity contribution is 6.17. The third kappa shape index (κ3) is 2.35. The Morgan fingerprint density at radius 2 is 2.10 bits per heavy atom. The van der Waals surface area contributed by atoms with Gasteiger partial charge in [-0.2, -0.15) is 0 Å². The molecule has 2 aromatic rings. The topological polar surface area (TPSA) is 17.8 Å². The highest BCUT2D eigenvalue weighted by atomic mass is 35.5. The molecular formula is C17H23ClN2. The van der Waals surface area contributed by atoms with Crippen molar-refractivity contribution in [2.75, 3.05) is 5.88 Å². The number of para-hydroxylation sites is 1. The number of nitrogens with zero attached hydrogens (tertiary/aromatic N) is 2. The summed E-state index contributed by atoms with van der Waals surface area (Å²) in [7, 11) is 0. The Balaban J connectivity index is 2.10. The van der Waals surface area contributed by atoms with E-state index in [4.69, 9.17) is 16.6 Å². The van der Waals surface area contributed by atoms with Gasteiger partial charge in [0.05, 0.1) is 11.0 Å². The Kier molecular flexibility index (Phi) is 4.02. The molecule has 1 aliphatic carbocycles. The van der Waals surface area contributed by atoms with Crippen molar-refractivity contribution in [3.63, 3.8) is 0 Å². The van der Waals surface area contributed by atoms with Crippen molar-refractivity contribution in [1.82, 2.24) is 9.55 Å². The molecule has 108 valence electrons. The lowest BCUT2D eigenvalue weighted by Gasteiger charge is -2.23. The molecule has 0 spiro atoms. The average molecular weight is 291 g/mol. The minimum atomic E-state index is 0.530. The zero-order valence-electron chi connectivity index (χ0n) is 12.4. The average Bonchev–Trinajstić information content (AvgIpc) is 3.06. The first-order valence-corrected chi connectivity index (χ1v) is 8.28. The summed E-state index contributed by atoms with van der Waals surface area (Å²) in [5.74, 6) is 2.59. The number of fused-ring (bicyclic) bond motifs is 1. The number of imidazole rings is 1. The standard InChI is InChI=1S/C17H23ClN2/c1-12-6-5-9-15-17(12)19-16(10-11-18)20(15)13(2)14-7-3-4-8-14/h5-6,9,13-14H,3-4,7-8,10-11H2,1-2H3. The zero-order chi connectivity index (χ0) is 14.1. The largest absolute Gasteiger partial charge is 0.325 e. The van der Waals surface area contributed by atoms with Crippen molar-refractivity contribution in [2.45, 2.75) is 52.0 Å². The second kappa shape index (κ2) is 5.77. The molecule has 0 saturated heterocycles. The summed E-state index contributed by atoms with van der Waals surface area (Å²) in [4.78, 5) is 4.87. The van der Waals surface area contributed by atoms with E-state index < -0.39 is 0 Å². The van der Waals surface area contributed by atoms with Gasteiger partial charge >= 0.3 is 0 Å². The molecule has 1 heterocycles. The van der Waals surface area contributed by atoms with Crippen LogP contribution in [0.3, 0.4) is 0 Å². The number of hydrogen-bond acceptors (Lipinski definition) is 1. The van der Waals surface area contributed by atoms with Gasteiger partial charge in [-0.15, -0.1) is 11.6 Å². The van der Waals surface area contributed by atoms with Crippen LogP contribution in [0.4, 0.5) is 0 Å². The van der Waals surface area contributed by atoms with Gasteiger partial charge in [-0.05, 0) is 44.2 Å². The lowest BCUT2D eigenvalue weighted by Crippen LogP contribution is -2.17. The fourth-order valence-corrected chi connectivity index (χ4v) is 3.84. The fourth-order valence-electron chi connectivity index (χ4n) is 3.67. The van der Waals surface area contributed by atoms with E-state index in [1.807, 2.05) is 0 Å². The van der Waals surface area contributed by atoms with Gasteiger partial charge in [0.15, 0.2) is 0 Å². The van der Waals surface area contributed by atoms with Gasteiger partial charge in [-0.25, -0.2) is 4.98 Å². The van der Waals surface area contributed by atoms with E-state index in [0.29, 0.717) is 11.9 Å². The normalized spacial score (nSPS) is 17.9. The highest BCUT2D eigenvalue weighted by Gasteiger charge is 2.26. The molecule has 0 N–H and O–H groups in total. The molecule has 1 fully saturated rings. The van der Waals surface area contributed by atoms with Crippen LogP contribution in [-0.4, -0.2) is 15.4 Å². The third-order valence-corrected chi connectivity index (χ3v) is 4.99. The van der Waals surface area contributed by atoms with Crippen LogP contribution in [0.25, 0.3) is 11.0 Å². The summed E-state index contributed by atoms with van der Waals surface area (Å²) in [6.07, 6.45) is 6.32. The van der Waals surface area contributed by atoms with Crippen LogP contribution in [0.5, 0.6) is 0 Å². The SMILES string of the molecule is Cc1cccc2c1nc(CCCl)n2C(C)C1CCCC1. The maximum absolute atomic E-state index is 5.99. The molecule has 1 aromatic carbocycles. The number of hydrogen-bond donors (Lipinski definition) is 0. The molecular weight excluding hydrogens is 268 g/mol. The summed E-state index contributed by atoms with van der Waals surface area (Å²) in [6, 6.07) is 7.02. The van der Waals surface area contributed by atoms with Crippen LogP contribution < -0.4 is 0 Å².